The van der Waals surface area contributed by atoms with Crippen LogP contribution in [0.15, 0.2) is 36.4 Å². The quantitative estimate of drug-likeness (QED) is 0.636. The molecular formula is C17H14Cl2F3N3O2. The summed E-state index contributed by atoms with van der Waals surface area (Å²) in [6.07, 6.45) is -4.67. The monoisotopic (exact) mass is 419 g/mol. The summed E-state index contributed by atoms with van der Waals surface area (Å²) in [6.45, 7) is 0.762. The Balaban J connectivity index is 2.11. The van der Waals surface area contributed by atoms with Gasteiger partial charge in [-0.3, -0.25) is 9.59 Å². The number of carbonyl (C=O) groups excluding carboxylic acids is 2. The third-order valence-corrected chi connectivity index (χ3v) is 3.67. The number of alkyl halides is 3. The minimum Gasteiger partial charge on any atom is -0.376 e. The van der Waals surface area contributed by atoms with Crippen LogP contribution in [0, 0.1) is 0 Å². The second-order valence-corrected chi connectivity index (χ2v) is 6.37. The van der Waals surface area contributed by atoms with E-state index in [0.29, 0.717) is 15.7 Å². The van der Waals surface area contributed by atoms with Gasteiger partial charge in [-0.25, -0.2) is 0 Å². The lowest BCUT2D eigenvalue weighted by Gasteiger charge is -2.16. The first kappa shape index (κ1) is 20.9. The summed E-state index contributed by atoms with van der Waals surface area (Å²) < 4.78 is 39.7. The number of hydrogen-bond acceptors (Lipinski definition) is 3. The molecule has 0 bridgehead atoms. The molecule has 10 heteroatoms. The molecule has 0 radical (unpaired) electrons. The lowest BCUT2D eigenvalue weighted by Crippen LogP contribution is -2.23. The molecule has 0 aromatic heterocycles. The molecule has 0 spiro atoms. The van der Waals surface area contributed by atoms with Crippen molar-refractivity contribution in [2.45, 2.75) is 13.1 Å². The number of halogens is 5. The fourth-order valence-electron chi connectivity index (χ4n) is 2.22. The van der Waals surface area contributed by atoms with Gasteiger partial charge in [0.1, 0.15) is 0 Å². The van der Waals surface area contributed by atoms with E-state index in [4.69, 9.17) is 23.2 Å². The van der Waals surface area contributed by atoms with Crippen LogP contribution in [0.2, 0.25) is 10.0 Å². The third-order valence-electron chi connectivity index (χ3n) is 3.23. The van der Waals surface area contributed by atoms with E-state index in [9.17, 15) is 22.8 Å². The molecule has 0 heterocycles. The summed E-state index contributed by atoms with van der Waals surface area (Å²) in [5.41, 5.74) is -0.988. The van der Waals surface area contributed by atoms with Crippen LogP contribution in [0.1, 0.15) is 12.5 Å². The maximum Gasteiger partial charge on any atom is 0.418 e. The van der Waals surface area contributed by atoms with E-state index in [0.717, 1.165) is 12.1 Å². The fraction of sp³-hybridized carbons (Fsp3) is 0.176. The Hall–Kier alpha value is -2.45. The van der Waals surface area contributed by atoms with Crippen molar-refractivity contribution < 1.29 is 22.8 Å². The molecule has 2 aromatic rings. The van der Waals surface area contributed by atoms with Crippen LogP contribution in [0.5, 0.6) is 0 Å². The lowest BCUT2D eigenvalue weighted by molar-refractivity contribution is -0.137. The standard InChI is InChI=1S/C17H14Cl2F3N3O2/c1-9(26)24-12-2-3-15(14(7-12)17(20,21)22)23-8-16(27)25-13-5-10(18)4-11(19)6-13/h2-7,23H,8H2,1H3,(H,24,26)(H,25,27). The number of rotatable bonds is 5. The van der Waals surface area contributed by atoms with Crippen LogP contribution in [0.4, 0.5) is 30.2 Å². The summed E-state index contributed by atoms with van der Waals surface area (Å²) in [5.74, 6) is -1.09. The number of amides is 2. The van der Waals surface area contributed by atoms with Crippen LogP contribution >= 0.6 is 23.2 Å². The van der Waals surface area contributed by atoms with Crippen molar-refractivity contribution in [1.29, 1.82) is 0 Å². The second kappa shape index (κ2) is 8.49. The van der Waals surface area contributed by atoms with Gasteiger partial charge >= 0.3 is 6.18 Å². The van der Waals surface area contributed by atoms with E-state index in [1.54, 1.807) is 0 Å². The zero-order valence-electron chi connectivity index (χ0n) is 13.9. The summed E-state index contributed by atoms with van der Waals surface area (Å²) >= 11 is 11.6. The molecular weight excluding hydrogens is 406 g/mol. The molecule has 0 atom stereocenters. The van der Waals surface area contributed by atoms with Gasteiger partial charge in [-0.05, 0) is 36.4 Å². The number of nitrogens with one attached hydrogen (secondary N) is 3. The summed E-state index contributed by atoms with van der Waals surface area (Å²) in [6, 6.07) is 7.61. The van der Waals surface area contributed by atoms with Crippen molar-refractivity contribution in [2.24, 2.45) is 0 Å². The molecule has 3 N–H and O–H groups in total. The van der Waals surface area contributed by atoms with Gasteiger partial charge in [-0.2, -0.15) is 13.2 Å². The first-order valence-corrected chi connectivity index (χ1v) is 8.29. The Morgan fingerprint density at radius 2 is 1.59 bits per heavy atom. The maximum absolute atomic E-state index is 13.2. The van der Waals surface area contributed by atoms with E-state index in [1.807, 2.05) is 0 Å². The molecule has 0 aliphatic rings. The number of anilines is 3. The van der Waals surface area contributed by atoms with Crippen molar-refractivity contribution in [2.75, 3.05) is 22.5 Å². The van der Waals surface area contributed by atoms with Gasteiger partial charge < -0.3 is 16.0 Å². The smallest absolute Gasteiger partial charge is 0.376 e. The molecule has 0 aliphatic heterocycles. The topological polar surface area (TPSA) is 70.2 Å². The Kier molecular flexibility index (Phi) is 6.56. The fourth-order valence-corrected chi connectivity index (χ4v) is 2.75. The predicted octanol–water partition coefficient (Wildman–Crippen LogP) is 5.02. The summed E-state index contributed by atoms with van der Waals surface area (Å²) in [5, 5.41) is 7.81. The van der Waals surface area contributed by atoms with Gasteiger partial charge in [0.25, 0.3) is 0 Å². The second-order valence-electron chi connectivity index (χ2n) is 5.50. The SMILES string of the molecule is CC(=O)Nc1ccc(NCC(=O)Nc2cc(Cl)cc(Cl)c2)c(C(F)(F)F)c1. The molecule has 2 aromatic carbocycles. The van der Waals surface area contributed by atoms with Crippen molar-refractivity contribution in [1.82, 2.24) is 0 Å². The first-order valence-electron chi connectivity index (χ1n) is 7.53. The molecule has 0 saturated carbocycles. The Labute approximate surface area is 162 Å². The zero-order valence-corrected chi connectivity index (χ0v) is 15.4. The highest BCUT2D eigenvalue weighted by atomic mass is 35.5. The van der Waals surface area contributed by atoms with E-state index >= 15 is 0 Å². The summed E-state index contributed by atoms with van der Waals surface area (Å²) in [7, 11) is 0. The third kappa shape index (κ3) is 6.33. The van der Waals surface area contributed by atoms with Crippen LogP contribution in [0.25, 0.3) is 0 Å². The molecule has 0 unspecified atom stereocenters. The van der Waals surface area contributed by atoms with Crippen molar-refractivity contribution >= 4 is 52.1 Å². The lowest BCUT2D eigenvalue weighted by atomic mass is 10.1. The Morgan fingerprint density at radius 3 is 2.15 bits per heavy atom. The van der Waals surface area contributed by atoms with Gasteiger partial charge in [0.15, 0.2) is 0 Å². The molecule has 2 amide bonds. The van der Waals surface area contributed by atoms with Crippen molar-refractivity contribution in [3.8, 4) is 0 Å². The van der Waals surface area contributed by atoms with Crippen LogP contribution in [-0.4, -0.2) is 18.4 Å². The van der Waals surface area contributed by atoms with E-state index in [-0.39, 0.29) is 11.4 Å². The number of carbonyl (C=O) groups is 2. The van der Waals surface area contributed by atoms with E-state index in [2.05, 4.69) is 16.0 Å². The van der Waals surface area contributed by atoms with Crippen LogP contribution in [0.3, 0.4) is 0 Å². The Bertz CT molecular complexity index is 853. The summed E-state index contributed by atoms with van der Waals surface area (Å²) in [4.78, 5) is 23.0. The van der Waals surface area contributed by atoms with Gasteiger partial charge in [-0.1, -0.05) is 23.2 Å². The molecule has 27 heavy (non-hydrogen) atoms. The van der Waals surface area contributed by atoms with Crippen molar-refractivity contribution in [3.63, 3.8) is 0 Å². The molecule has 144 valence electrons. The number of benzene rings is 2. The van der Waals surface area contributed by atoms with Crippen LogP contribution in [-0.2, 0) is 15.8 Å². The average Bonchev–Trinajstić information content (AvgIpc) is 2.51. The van der Waals surface area contributed by atoms with E-state index in [1.165, 1.54) is 31.2 Å². The highest BCUT2D eigenvalue weighted by Gasteiger charge is 2.34. The van der Waals surface area contributed by atoms with Crippen molar-refractivity contribution in [3.05, 3.63) is 52.0 Å². The highest BCUT2D eigenvalue weighted by Crippen LogP contribution is 2.36. The van der Waals surface area contributed by atoms with Gasteiger partial charge in [0.2, 0.25) is 11.8 Å². The van der Waals surface area contributed by atoms with Gasteiger partial charge in [-0.15, -0.1) is 0 Å². The van der Waals surface area contributed by atoms with Gasteiger partial charge in [0.05, 0.1) is 12.1 Å². The first-order chi connectivity index (χ1) is 12.5. The molecule has 5 nitrogen and oxygen atoms in total. The minimum absolute atomic E-state index is 0.00149. The zero-order chi connectivity index (χ0) is 20.2. The molecule has 0 aliphatic carbocycles. The number of hydrogen-bond donors (Lipinski definition) is 3. The predicted molar refractivity (Wildman–Crippen MR) is 99.3 cm³/mol. The molecule has 0 fully saturated rings. The van der Waals surface area contributed by atoms with Crippen LogP contribution < -0.4 is 16.0 Å². The van der Waals surface area contributed by atoms with E-state index < -0.39 is 30.1 Å². The minimum atomic E-state index is -4.67. The maximum atomic E-state index is 13.2. The molecule has 0 saturated heterocycles. The van der Waals surface area contributed by atoms with Gasteiger partial charge in [0, 0.05) is 34.0 Å². The largest absolute Gasteiger partial charge is 0.418 e. The average molecular weight is 420 g/mol. The highest BCUT2D eigenvalue weighted by molar-refractivity contribution is 6.35. The Morgan fingerprint density at radius 1 is 0.963 bits per heavy atom. The normalized spacial score (nSPS) is 11.0. The molecule has 2 rings (SSSR count).